The molecule has 0 bridgehead atoms. The highest BCUT2D eigenvalue weighted by atomic mass is 35.5. The average Bonchev–Trinajstić information content (AvgIpc) is 1.85. The minimum atomic E-state index is 0.0926. The van der Waals surface area contributed by atoms with Crippen molar-refractivity contribution < 1.29 is 0 Å². The highest BCUT2D eigenvalue weighted by Crippen LogP contribution is 2.15. The highest BCUT2D eigenvalue weighted by molar-refractivity contribution is 6.22. The maximum Gasteiger partial charge on any atom is 0.125 e. The van der Waals surface area contributed by atoms with Crippen LogP contribution in [0, 0.1) is 0 Å². The van der Waals surface area contributed by atoms with Gasteiger partial charge in [-0.05, 0) is 6.92 Å². The van der Waals surface area contributed by atoms with Crippen LogP contribution >= 0.6 is 11.6 Å². The number of hydrazone groups is 1. The number of rotatable bonds is 0. The summed E-state index contributed by atoms with van der Waals surface area (Å²) in [4.78, 5) is 0. The first-order valence-corrected chi connectivity index (χ1v) is 3.05. The first-order valence-electron chi connectivity index (χ1n) is 2.61. The van der Waals surface area contributed by atoms with Crippen molar-refractivity contribution in [3.63, 3.8) is 0 Å². The summed E-state index contributed by atoms with van der Waals surface area (Å²) in [6.45, 7) is 1.98. The van der Waals surface area contributed by atoms with E-state index < -0.39 is 0 Å². The summed E-state index contributed by atoms with van der Waals surface area (Å²) >= 11 is 5.77. The van der Waals surface area contributed by atoms with Crippen LogP contribution in [0.1, 0.15) is 13.3 Å². The molecule has 46 valence electrons. The van der Waals surface area contributed by atoms with E-state index in [4.69, 9.17) is 11.6 Å². The van der Waals surface area contributed by atoms with E-state index in [1.54, 1.807) is 5.01 Å². The van der Waals surface area contributed by atoms with Gasteiger partial charge in [0.05, 0.1) is 0 Å². The lowest BCUT2D eigenvalue weighted by Crippen LogP contribution is -2.14. The van der Waals surface area contributed by atoms with E-state index in [-0.39, 0.29) is 5.50 Å². The molecule has 3 heteroatoms. The van der Waals surface area contributed by atoms with Gasteiger partial charge in [-0.3, -0.25) is 5.01 Å². The van der Waals surface area contributed by atoms with Gasteiger partial charge in [0, 0.05) is 19.2 Å². The third-order valence-corrected chi connectivity index (χ3v) is 1.63. The van der Waals surface area contributed by atoms with Crippen molar-refractivity contribution in [2.75, 3.05) is 7.05 Å². The normalized spacial score (nSPS) is 28.6. The molecule has 0 fully saturated rings. The smallest absolute Gasteiger partial charge is 0.125 e. The second-order valence-corrected chi connectivity index (χ2v) is 2.55. The third kappa shape index (κ3) is 0.944. The molecule has 0 N–H and O–H groups in total. The molecule has 1 unspecified atom stereocenters. The standard InChI is InChI=1S/C5H9ClN2/c1-4-3-5(6)8(2)7-4/h5H,3H2,1-2H3. The minimum Gasteiger partial charge on any atom is -0.282 e. The molecule has 1 aliphatic rings. The summed E-state index contributed by atoms with van der Waals surface area (Å²) in [6.07, 6.45) is 0.901. The monoisotopic (exact) mass is 132 g/mol. The summed E-state index contributed by atoms with van der Waals surface area (Å²) in [5, 5.41) is 5.86. The molecule has 8 heavy (non-hydrogen) atoms. The van der Waals surface area contributed by atoms with E-state index in [2.05, 4.69) is 5.10 Å². The van der Waals surface area contributed by atoms with Crippen LogP contribution in [0.15, 0.2) is 5.10 Å². The van der Waals surface area contributed by atoms with Gasteiger partial charge in [-0.25, -0.2) is 0 Å². The zero-order valence-corrected chi connectivity index (χ0v) is 5.81. The van der Waals surface area contributed by atoms with Gasteiger partial charge >= 0.3 is 0 Å². The number of alkyl halides is 1. The second kappa shape index (κ2) is 1.94. The first-order chi connectivity index (χ1) is 3.70. The van der Waals surface area contributed by atoms with Crippen molar-refractivity contribution in [3.05, 3.63) is 0 Å². The Balaban J connectivity index is 2.56. The van der Waals surface area contributed by atoms with Gasteiger partial charge < -0.3 is 0 Å². The van der Waals surface area contributed by atoms with Crippen molar-refractivity contribution in [3.8, 4) is 0 Å². The Hall–Kier alpha value is -0.240. The fraction of sp³-hybridized carbons (Fsp3) is 0.800. The SMILES string of the molecule is CC1=NN(C)C(Cl)C1. The molecule has 0 saturated heterocycles. The van der Waals surface area contributed by atoms with Crippen LogP contribution < -0.4 is 0 Å². The van der Waals surface area contributed by atoms with E-state index in [1.165, 1.54) is 0 Å². The fourth-order valence-electron chi connectivity index (χ4n) is 0.749. The van der Waals surface area contributed by atoms with Gasteiger partial charge in [-0.1, -0.05) is 11.6 Å². The molecule has 1 aliphatic heterocycles. The highest BCUT2D eigenvalue weighted by Gasteiger charge is 2.16. The summed E-state index contributed by atoms with van der Waals surface area (Å²) < 4.78 is 0. The Kier molecular flexibility index (Phi) is 1.43. The predicted molar refractivity (Wildman–Crippen MR) is 35.1 cm³/mol. The lowest BCUT2D eigenvalue weighted by Gasteiger charge is -2.09. The summed E-state index contributed by atoms with van der Waals surface area (Å²) in [5.74, 6) is 0. The number of halogens is 1. The lowest BCUT2D eigenvalue weighted by molar-refractivity contribution is 0.358. The minimum absolute atomic E-state index is 0.0926. The quantitative estimate of drug-likeness (QED) is 0.358. The Morgan fingerprint density at radius 3 is 2.62 bits per heavy atom. The molecule has 1 rings (SSSR count). The molecule has 0 saturated carbocycles. The van der Waals surface area contributed by atoms with E-state index in [0.717, 1.165) is 12.1 Å². The molecule has 0 aliphatic carbocycles. The molecule has 0 amide bonds. The average molecular weight is 133 g/mol. The largest absolute Gasteiger partial charge is 0.282 e. The molecule has 0 aromatic rings. The van der Waals surface area contributed by atoms with Crippen LogP contribution in [-0.4, -0.2) is 23.3 Å². The topological polar surface area (TPSA) is 15.6 Å². The first kappa shape index (κ1) is 5.89. The predicted octanol–water partition coefficient (Wildman–Crippen LogP) is 1.26. The van der Waals surface area contributed by atoms with E-state index in [0.29, 0.717) is 0 Å². The summed E-state index contributed by atoms with van der Waals surface area (Å²) in [5.41, 5.74) is 1.21. The van der Waals surface area contributed by atoms with E-state index >= 15 is 0 Å². The van der Waals surface area contributed by atoms with E-state index in [1.807, 2.05) is 14.0 Å². The van der Waals surface area contributed by atoms with Gasteiger partial charge in [0.1, 0.15) is 5.50 Å². The van der Waals surface area contributed by atoms with Gasteiger partial charge in [0.2, 0.25) is 0 Å². The van der Waals surface area contributed by atoms with Crippen molar-refractivity contribution in [1.82, 2.24) is 5.01 Å². The molecule has 0 radical (unpaired) electrons. The maximum atomic E-state index is 5.77. The van der Waals surface area contributed by atoms with Crippen molar-refractivity contribution >= 4 is 17.3 Å². The zero-order chi connectivity index (χ0) is 6.15. The molecular weight excluding hydrogens is 124 g/mol. The second-order valence-electron chi connectivity index (χ2n) is 2.05. The molecule has 0 aromatic carbocycles. The summed E-state index contributed by atoms with van der Waals surface area (Å²) in [6, 6.07) is 0. The maximum absolute atomic E-state index is 5.77. The Bertz CT molecular complexity index is 122. The van der Waals surface area contributed by atoms with E-state index in [9.17, 15) is 0 Å². The summed E-state index contributed by atoms with van der Waals surface area (Å²) in [7, 11) is 1.88. The molecular formula is C5H9ClN2. The zero-order valence-electron chi connectivity index (χ0n) is 5.06. The van der Waals surface area contributed by atoms with Crippen LogP contribution in [0.4, 0.5) is 0 Å². The van der Waals surface area contributed by atoms with Crippen LogP contribution in [0.5, 0.6) is 0 Å². The molecule has 0 aromatic heterocycles. The van der Waals surface area contributed by atoms with Crippen molar-refractivity contribution in [2.24, 2.45) is 5.10 Å². The Labute approximate surface area is 54.1 Å². The van der Waals surface area contributed by atoms with Crippen LogP contribution in [0.25, 0.3) is 0 Å². The van der Waals surface area contributed by atoms with Crippen molar-refractivity contribution in [2.45, 2.75) is 18.8 Å². The van der Waals surface area contributed by atoms with Gasteiger partial charge in [0.25, 0.3) is 0 Å². The number of hydrogen-bond donors (Lipinski definition) is 0. The van der Waals surface area contributed by atoms with Gasteiger partial charge in [-0.15, -0.1) is 0 Å². The van der Waals surface area contributed by atoms with Crippen LogP contribution in [-0.2, 0) is 0 Å². The fourth-order valence-corrected chi connectivity index (χ4v) is 1.02. The lowest BCUT2D eigenvalue weighted by atomic mass is 10.3. The Morgan fingerprint density at radius 1 is 1.88 bits per heavy atom. The molecule has 0 spiro atoms. The van der Waals surface area contributed by atoms with Gasteiger partial charge in [0.15, 0.2) is 0 Å². The number of hydrogen-bond acceptors (Lipinski definition) is 2. The molecule has 1 atom stereocenters. The molecule has 1 heterocycles. The number of nitrogens with zero attached hydrogens (tertiary/aromatic N) is 2. The Morgan fingerprint density at radius 2 is 2.50 bits per heavy atom. The van der Waals surface area contributed by atoms with Crippen molar-refractivity contribution in [1.29, 1.82) is 0 Å². The van der Waals surface area contributed by atoms with Gasteiger partial charge in [-0.2, -0.15) is 5.10 Å². The van der Waals surface area contributed by atoms with Crippen LogP contribution in [0.3, 0.4) is 0 Å². The van der Waals surface area contributed by atoms with Crippen LogP contribution in [0.2, 0.25) is 0 Å². The third-order valence-electron chi connectivity index (χ3n) is 1.20. The molecule has 2 nitrogen and oxygen atoms in total.